The monoisotopic (exact) mass is 232 g/mol. The molecular weight excluding hydrogens is 208 g/mol. The van der Waals surface area contributed by atoms with E-state index in [4.69, 9.17) is 9.47 Å². The Morgan fingerprint density at radius 3 is 2.12 bits per heavy atom. The first-order valence-corrected chi connectivity index (χ1v) is 5.66. The number of likely N-dealkylation sites (tertiary alicyclic amines) is 1. The van der Waals surface area contributed by atoms with Crippen LogP contribution < -0.4 is 5.32 Å². The SMILES string of the molecule is CNC(C)(CO)CN1CC(OC)C(OC)C1. The highest BCUT2D eigenvalue weighted by atomic mass is 16.5. The summed E-state index contributed by atoms with van der Waals surface area (Å²) < 4.78 is 10.8. The maximum atomic E-state index is 9.34. The van der Waals surface area contributed by atoms with Crippen LogP contribution in [0, 0.1) is 0 Å². The predicted octanol–water partition coefficient (Wildman–Crippen LogP) is -0.698. The summed E-state index contributed by atoms with van der Waals surface area (Å²) in [4.78, 5) is 2.26. The molecule has 2 N–H and O–H groups in total. The fourth-order valence-corrected chi connectivity index (χ4v) is 2.10. The number of ether oxygens (including phenoxy) is 2. The number of nitrogens with one attached hydrogen (secondary N) is 1. The van der Waals surface area contributed by atoms with E-state index in [2.05, 4.69) is 10.2 Å². The molecule has 0 aromatic carbocycles. The quantitative estimate of drug-likeness (QED) is 0.634. The number of hydrogen-bond acceptors (Lipinski definition) is 5. The van der Waals surface area contributed by atoms with Gasteiger partial charge in [0, 0.05) is 33.9 Å². The molecule has 1 rings (SSSR count). The average molecular weight is 232 g/mol. The van der Waals surface area contributed by atoms with Gasteiger partial charge in [-0.1, -0.05) is 0 Å². The van der Waals surface area contributed by atoms with Crippen LogP contribution in [0.3, 0.4) is 0 Å². The van der Waals surface area contributed by atoms with E-state index in [9.17, 15) is 5.11 Å². The molecule has 1 fully saturated rings. The van der Waals surface area contributed by atoms with E-state index in [1.165, 1.54) is 0 Å². The van der Waals surface area contributed by atoms with Gasteiger partial charge in [-0.15, -0.1) is 0 Å². The summed E-state index contributed by atoms with van der Waals surface area (Å²) in [7, 11) is 5.29. The molecule has 5 nitrogen and oxygen atoms in total. The Morgan fingerprint density at radius 1 is 1.31 bits per heavy atom. The van der Waals surface area contributed by atoms with Crippen LogP contribution in [0.2, 0.25) is 0 Å². The van der Waals surface area contributed by atoms with E-state index in [1.54, 1.807) is 14.2 Å². The zero-order valence-corrected chi connectivity index (χ0v) is 10.7. The van der Waals surface area contributed by atoms with Crippen molar-refractivity contribution in [2.45, 2.75) is 24.7 Å². The van der Waals surface area contributed by atoms with Crippen LogP contribution in [0.4, 0.5) is 0 Å². The molecule has 0 spiro atoms. The lowest BCUT2D eigenvalue weighted by molar-refractivity contribution is -0.00461. The van der Waals surface area contributed by atoms with E-state index < -0.39 is 0 Å². The van der Waals surface area contributed by atoms with E-state index >= 15 is 0 Å². The summed E-state index contributed by atoms with van der Waals surface area (Å²) in [6.45, 7) is 4.63. The summed E-state index contributed by atoms with van der Waals surface area (Å²) in [5.74, 6) is 0. The summed E-state index contributed by atoms with van der Waals surface area (Å²) in [6, 6.07) is 0. The predicted molar refractivity (Wildman–Crippen MR) is 62.6 cm³/mol. The van der Waals surface area contributed by atoms with Crippen molar-refractivity contribution in [2.24, 2.45) is 0 Å². The topological polar surface area (TPSA) is 54.0 Å². The number of rotatable bonds is 6. The molecule has 0 radical (unpaired) electrons. The zero-order valence-electron chi connectivity index (χ0n) is 10.7. The molecule has 0 bridgehead atoms. The first-order chi connectivity index (χ1) is 7.58. The minimum absolute atomic E-state index is 0.120. The molecule has 0 aliphatic carbocycles. The van der Waals surface area contributed by atoms with Gasteiger partial charge in [-0.25, -0.2) is 0 Å². The number of methoxy groups -OCH3 is 2. The van der Waals surface area contributed by atoms with Crippen LogP contribution in [0.25, 0.3) is 0 Å². The van der Waals surface area contributed by atoms with Gasteiger partial charge in [0.2, 0.25) is 0 Å². The summed E-state index contributed by atoms with van der Waals surface area (Å²) >= 11 is 0. The van der Waals surface area contributed by atoms with Crippen molar-refractivity contribution in [1.29, 1.82) is 0 Å². The molecule has 96 valence electrons. The maximum absolute atomic E-state index is 9.34. The molecule has 0 amide bonds. The highest BCUT2D eigenvalue weighted by molar-refractivity contribution is 4.92. The lowest BCUT2D eigenvalue weighted by Gasteiger charge is -2.31. The standard InChI is InChI=1S/C11H24N2O3/c1-11(8-14,12-2)7-13-5-9(15-3)10(6-13)16-4/h9-10,12,14H,5-8H2,1-4H3. The zero-order chi connectivity index (χ0) is 12.2. The molecule has 5 heteroatoms. The largest absolute Gasteiger partial charge is 0.394 e. The highest BCUT2D eigenvalue weighted by Crippen LogP contribution is 2.18. The Hall–Kier alpha value is -0.200. The third-order valence-corrected chi connectivity index (χ3v) is 3.42. The summed E-state index contributed by atoms with van der Waals surface area (Å²) in [5, 5.41) is 12.5. The molecular formula is C11H24N2O3. The Morgan fingerprint density at radius 2 is 1.81 bits per heavy atom. The fourth-order valence-electron chi connectivity index (χ4n) is 2.10. The van der Waals surface area contributed by atoms with Gasteiger partial charge in [0.25, 0.3) is 0 Å². The van der Waals surface area contributed by atoms with E-state index in [0.29, 0.717) is 0 Å². The molecule has 0 aromatic heterocycles. The van der Waals surface area contributed by atoms with Crippen molar-refractivity contribution >= 4 is 0 Å². The van der Waals surface area contributed by atoms with Crippen LogP contribution in [-0.4, -0.2) is 75.3 Å². The van der Waals surface area contributed by atoms with Crippen LogP contribution >= 0.6 is 0 Å². The first-order valence-electron chi connectivity index (χ1n) is 5.66. The number of aliphatic hydroxyl groups is 1. The van der Waals surface area contributed by atoms with Crippen LogP contribution in [0.1, 0.15) is 6.92 Å². The minimum atomic E-state index is -0.263. The third-order valence-electron chi connectivity index (χ3n) is 3.42. The van der Waals surface area contributed by atoms with Crippen molar-refractivity contribution in [1.82, 2.24) is 10.2 Å². The minimum Gasteiger partial charge on any atom is -0.394 e. The Kier molecular flexibility index (Phi) is 5.14. The number of likely N-dealkylation sites (N-methyl/N-ethyl adjacent to an activating group) is 1. The van der Waals surface area contributed by atoms with Gasteiger partial charge in [-0.2, -0.15) is 0 Å². The number of hydrogen-bond donors (Lipinski definition) is 2. The van der Waals surface area contributed by atoms with Crippen molar-refractivity contribution in [3.05, 3.63) is 0 Å². The van der Waals surface area contributed by atoms with Crippen molar-refractivity contribution in [3.8, 4) is 0 Å². The summed E-state index contributed by atoms with van der Waals surface area (Å²) in [5.41, 5.74) is -0.263. The normalized spacial score (nSPS) is 30.6. The lowest BCUT2D eigenvalue weighted by Crippen LogP contribution is -2.52. The van der Waals surface area contributed by atoms with E-state index in [0.717, 1.165) is 19.6 Å². The molecule has 3 unspecified atom stereocenters. The molecule has 1 aliphatic rings. The van der Waals surface area contributed by atoms with Crippen LogP contribution in [-0.2, 0) is 9.47 Å². The van der Waals surface area contributed by atoms with Crippen LogP contribution in [0.5, 0.6) is 0 Å². The second-order valence-corrected chi connectivity index (χ2v) is 4.71. The molecule has 1 heterocycles. The summed E-state index contributed by atoms with van der Waals surface area (Å²) in [6.07, 6.45) is 0.259. The highest BCUT2D eigenvalue weighted by Gasteiger charge is 2.36. The molecule has 0 saturated carbocycles. The fraction of sp³-hybridized carbons (Fsp3) is 1.00. The van der Waals surface area contributed by atoms with E-state index in [-0.39, 0.29) is 24.4 Å². The average Bonchev–Trinajstić information content (AvgIpc) is 2.70. The van der Waals surface area contributed by atoms with Gasteiger partial charge in [0.05, 0.1) is 24.4 Å². The third kappa shape index (κ3) is 3.15. The first kappa shape index (κ1) is 13.9. The maximum Gasteiger partial charge on any atom is 0.0971 e. The van der Waals surface area contributed by atoms with Gasteiger partial charge in [0.15, 0.2) is 0 Å². The van der Waals surface area contributed by atoms with Gasteiger partial charge in [-0.3, -0.25) is 4.90 Å². The van der Waals surface area contributed by atoms with Crippen molar-refractivity contribution < 1.29 is 14.6 Å². The second kappa shape index (κ2) is 5.93. The van der Waals surface area contributed by atoms with Crippen molar-refractivity contribution in [3.63, 3.8) is 0 Å². The molecule has 0 aromatic rings. The number of aliphatic hydroxyl groups excluding tert-OH is 1. The molecule has 16 heavy (non-hydrogen) atoms. The molecule has 1 saturated heterocycles. The second-order valence-electron chi connectivity index (χ2n) is 4.71. The van der Waals surface area contributed by atoms with Crippen molar-refractivity contribution in [2.75, 3.05) is 47.5 Å². The molecule has 1 aliphatic heterocycles. The smallest absolute Gasteiger partial charge is 0.0971 e. The van der Waals surface area contributed by atoms with Gasteiger partial charge in [-0.05, 0) is 14.0 Å². The van der Waals surface area contributed by atoms with E-state index in [1.807, 2.05) is 14.0 Å². The van der Waals surface area contributed by atoms with Gasteiger partial charge in [0.1, 0.15) is 0 Å². The number of nitrogens with zero attached hydrogens (tertiary/aromatic N) is 1. The van der Waals surface area contributed by atoms with Gasteiger partial charge < -0.3 is 19.9 Å². The van der Waals surface area contributed by atoms with Crippen LogP contribution in [0.15, 0.2) is 0 Å². The Balaban J connectivity index is 2.51. The Bertz CT molecular complexity index is 197. The molecule has 3 atom stereocenters. The lowest BCUT2D eigenvalue weighted by atomic mass is 10.0. The Labute approximate surface area is 97.7 Å². The van der Waals surface area contributed by atoms with Gasteiger partial charge >= 0.3 is 0 Å².